The van der Waals surface area contributed by atoms with E-state index in [9.17, 15) is 18.0 Å². The molecule has 0 aliphatic carbocycles. The molecule has 208 valence electrons. The van der Waals surface area contributed by atoms with Gasteiger partial charge in [-0.3, -0.25) is 9.52 Å². The molecule has 3 aromatic rings. The first-order valence-electron chi connectivity index (χ1n) is 11.3. The predicted octanol–water partition coefficient (Wildman–Crippen LogP) is 5.00. The molecule has 0 unspecified atom stereocenters. The number of anilines is 2. The van der Waals surface area contributed by atoms with E-state index in [2.05, 4.69) is 24.7 Å². The van der Waals surface area contributed by atoms with E-state index >= 15 is 0 Å². The number of sulfonamides is 1. The average molecular weight is 579 g/mol. The van der Waals surface area contributed by atoms with Crippen LogP contribution in [0, 0.1) is 0 Å². The first-order valence-corrected chi connectivity index (χ1v) is 13.5. The van der Waals surface area contributed by atoms with Crippen LogP contribution < -0.4 is 24.2 Å². The molecule has 14 heteroatoms. The molecule has 0 radical (unpaired) electrons. The van der Waals surface area contributed by atoms with Gasteiger partial charge in [-0.25, -0.2) is 23.2 Å². The number of nitrogens with one attached hydrogen (secondary N) is 2. The Morgan fingerprint density at radius 1 is 0.974 bits per heavy atom. The van der Waals surface area contributed by atoms with Crippen LogP contribution in [0.5, 0.6) is 23.3 Å². The molecule has 0 aliphatic heterocycles. The number of halogens is 1. The van der Waals surface area contributed by atoms with Gasteiger partial charge < -0.3 is 24.3 Å². The Labute approximate surface area is 230 Å². The van der Waals surface area contributed by atoms with E-state index < -0.39 is 22.1 Å². The molecule has 0 fully saturated rings. The van der Waals surface area contributed by atoms with Crippen LogP contribution in [0.1, 0.15) is 36.7 Å². The van der Waals surface area contributed by atoms with Crippen molar-refractivity contribution in [2.24, 2.45) is 0 Å². The van der Waals surface area contributed by atoms with Crippen molar-refractivity contribution in [2.75, 3.05) is 30.5 Å². The maximum absolute atomic E-state index is 13.3. The summed E-state index contributed by atoms with van der Waals surface area (Å²) in [5.74, 6) is -0.475. The standard InChI is InChI=1S/C25H27ClN4O8S/c1-25(2,3)15-10-17(22(35-4)18(11-15)30-39(6,33)34)29-23(31)14-7-8-16(26)19(9-14)37-20-12-21(28-13-27-20)38-24(32)36-5/h7-13,30H,1-6H3,(H,29,31). The second-order valence-electron chi connectivity index (χ2n) is 9.18. The smallest absolute Gasteiger partial charge is 0.492 e. The van der Waals surface area contributed by atoms with Gasteiger partial charge in [0.1, 0.15) is 12.1 Å². The summed E-state index contributed by atoms with van der Waals surface area (Å²) in [7, 11) is -1.13. The van der Waals surface area contributed by atoms with E-state index in [1.807, 2.05) is 20.8 Å². The topological polar surface area (TPSA) is 155 Å². The van der Waals surface area contributed by atoms with Gasteiger partial charge in [-0.2, -0.15) is 0 Å². The molecule has 0 saturated carbocycles. The summed E-state index contributed by atoms with van der Waals surface area (Å²) < 4.78 is 46.8. The van der Waals surface area contributed by atoms with Crippen LogP contribution in [-0.4, -0.2) is 50.9 Å². The summed E-state index contributed by atoms with van der Waals surface area (Å²) in [6.45, 7) is 5.84. The van der Waals surface area contributed by atoms with Gasteiger partial charge in [-0.15, -0.1) is 0 Å². The van der Waals surface area contributed by atoms with Gasteiger partial charge in [0, 0.05) is 5.56 Å². The molecule has 3 rings (SSSR count). The molecular weight excluding hydrogens is 552 g/mol. The summed E-state index contributed by atoms with van der Waals surface area (Å²) in [5, 5.41) is 2.94. The molecule has 12 nitrogen and oxygen atoms in total. The lowest BCUT2D eigenvalue weighted by atomic mass is 9.86. The fourth-order valence-corrected chi connectivity index (χ4v) is 3.95. The van der Waals surface area contributed by atoms with Crippen molar-refractivity contribution in [1.82, 2.24) is 9.97 Å². The maximum Gasteiger partial charge on any atom is 0.514 e. The van der Waals surface area contributed by atoms with Gasteiger partial charge in [-0.1, -0.05) is 32.4 Å². The SMILES string of the molecule is COC(=O)Oc1cc(Oc2cc(C(=O)Nc3cc(C(C)(C)C)cc(NS(C)(=O)=O)c3OC)ccc2Cl)ncn1. The highest BCUT2D eigenvalue weighted by Gasteiger charge is 2.23. The third-order valence-corrected chi connectivity index (χ3v) is 5.98. The van der Waals surface area contributed by atoms with Gasteiger partial charge in [0.15, 0.2) is 5.75 Å². The normalized spacial score (nSPS) is 11.4. The molecule has 1 heterocycles. The van der Waals surface area contributed by atoms with Crippen LogP contribution in [0.2, 0.25) is 5.02 Å². The fraction of sp³-hybridized carbons (Fsp3) is 0.280. The van der Waals surface area contributed by atoms with Gasteiger partial charge in [0.25, 0.3) is 5.91 Å². The van der Waals surface area contributed by atoms with Crippen molar-refractivity contribution in [1.29, 1.82) is 0 Å². The Kier molecular flexibility index (Phi) is 8.87. The number of carbonyl (C=O) groups excluding carboxylic acids is 2. The van der Waals surface area contributed by atoms with Crippen molar-refractivity contribution < 1.29 is 37.0 Å². The number of benzene rings is 2. The highest BCUT2D eigenvalue weighted by Crippen LogP contribution is 2.39. The molecule has 0 saturated heterocycles. The van der Waals surface area contributed by atoms with E-state index in [-0.39, 0.29) is 50.6 Å². The molecule has 0 bridgehead atoms. The van der Waals surface area contributed by atoms with Crippen molar-refractivity contribution in [3.05, 3.63) is 58.9 Å². The number of rotatable bonds is 8. The lowest BCUT2D eigenvalue weighted by Gasteiger charge is -2.24. The second-order valence-corrected chi connectivity index (χ2v) is 11.3. The molecule has 1 amide bonds. The first-order chi connectivity index (χ1) is 18.2. The van der Waals surface area contributed by atoms with Crippen LogP contribution in [-0.2, 0) is 20.2 Å². The highest BCUT2D eigenvalue weighted by molar-refractivity contribution is 7.92. The van der Waals surface area contributed by atoms with E-state index in [1.165, 1.54) is 31.4 Å². The van der Waals surface area contributed by atoms with Crippen molar-refractivity contribution in [3.63, 3.8) is 0 Å². The van der Waals surface area contributed by atoms with Crippen LogP contribution in [0.4, 0.5) is 16.2 Å². The largest absolute Gasteiger partial charge is 0.514 e. The van der Waals surface area contributed by atoms with Crippen LogP contribution in [0.3, 0.4) is 0 Å². The van der Waals surface area contributed by atoms with Crippen LogP contribution in [0.25, 0.3) is 0 Å². The summed E-state index contributed by atoms with van der Waals surface area (Å²) in [4.78, 5) is 32.3. The van der Waals surface area contributed by atoms with E-state index in [0.717, 1.165) is 25.3 Å². The Morgan fingerprint density at radius 3 is 2.26 bits per heavy atom. The van der Waals surface area contributed by atoms with Crippen molar-refractivity contribution in [2.45, 2.75) is 26.2 Å². The molecular formula is C25H27ClN4O8S. The van der Waals surface area contributed by atoms with Gasteiger partial charge in [0.05, 0.1) is 42.9 Å². The Balaban J connectivity index is 1.94. The lowest BCUT2D eigenvalue weighted by Crippen LogP contribution is -2.18. The van der Waals surface area contributed by atoms with E-state index in [1.54, 1.807) is 12.1 Å². The Morgan fingerprint density at radius 2 is 1.64 bits per heavy atom. The molecule has 2 aromatic carbocycles. The number of amides is 1. The summed E-state index contributed by atoms with van der Waals surface area (Å²) in [6, 6.07) is 8.92. The molecule has 1 aromatic heterocycles. The number of ether oxygens (including phenoxy) is 4. The second kappa shape index (κ2) is 11.7. The van der Waals surface area contributed by atoms with Gasteiger partial charge in [-0.05, 0) is 41.3 Å². The number of methoxy groups -OCH3 is 2. The minimum atomic E-state index is -3.64. The summed E-state index contributed by atoms with van der Waals surface area (Å²) in [6.07, 6.45) is 1.15. The molecule has 2 N–H and O–H groups in total. The van der Waals surface area contributed by atoms with E-state index in [4.69, 9.17) is 25.8 Å². The number of carbonyl (C=O) groups is 2. The Bertz CT molecular complexity index is 1510. The fourth-order valence-electron chi connectivity index (χ4n) is 3.24. The Hall–Kier alpha value is -4.10. The third kappa shape index (κ3) is 7.94. The molecule has 0 atom stereocenters. The highest BCUT2D eigenvalue weighted by atomic mass is 35.5. The molecule has 39 heavy (non-hydrogen) atoms. The zero-order valence-electron chi connectivity index (χ0n) is 22.0. The van der Waals surface area contributed by atoms with Gasteiger partial charge in [0.2, 0.25) is 21.8 Å². The maximum atomic E-state index is 13.3. The first kappa shape index (κ1) is 29.5. The monoisotopic (exact) mass is 578 g/mol. The molecule has 0 aliphatic rings. The van der Waals surface area contributed by atoms with Crippen molar-refractivity contribution in [3.8, 4) is 23.3 Å². The third-order valence-electron chi connectivity index (χ3n) is 5.08. The zero-order valence-corrected chi connectivity index (χ0v) is 23.6. The van der Waals surface area contributed by atoms with E-state index in [0.29, 0.717) is 0 Å². The van der Waals surface area contributed by atoms with Crippen LogP contribution >= 0.6 is 11.6 Å². The zero-order chi connectivity index (χ0) is 29.0. The minimum absolute atomic E-state index is 0.0144. The summed E-state index contributed by atoms with van der Waals surface area (Å²) in [5.41, 5.74) is 0.957. The quantitative estimate of drug-likeness (QED) is 0.349. The number of hydrogen-bond acceptors (Lipinski definition) is 10. The van der Waals surface area contributed by atoms with Crippen LogP contribution in [0.15, 0.2) is 42.7 Å². The minimum Gasteiger partial charge on any atom is -0.492 e. The number of aromatic nitrogens is 2. The van der Waals surface area contributed by atoms with Gasteiger partial charge >= 0.3 is 6.16 Å². The number of hydrogen-bond donors (Lipinski definition) is 2. The molecule has 0 spiro atoms. The van der Waals surface area contributed by atoms with Crippen molar-refractivity contribution >= 4 is 45.1 Å². The average Bonchev–Trinajstić information content (AvgIpc) is 2.83. The summed E-state index contributed by atoms with van der Waals surface area (Å²) >= 11 is 6.27. The number of nitrogens with zero attached hydrogens (tertiary/aromatic N) is 2. The predicted molar refractivity (Wildman–Crippen MR) is 145 cm³/mol. The lowest BCUT2D eigenvalue weighted by molar-refractivity contribution is 0.102.